The molecule has 0 aliphatic heterocycles. The normalized spacial score (nSPS) is 10.3. The fourth-order valence-corrected chi connectivity index (χ4v) is 2.65. The topological polar surface area (TPSA) is 67.4 Å². The van der Waals surface area contributed by atoms with Crippen molar-refractivity contribution in [3.8, 4) is 5.75 Å². The summed E-state index contributed by atoms with van der Waals surface area (Å²) in [6, 6.07) is 18.2. The van der Waals surface area contributed by atoms with Crippen LogP contribution in [-0.2, 0) is 0 Å². The van der Waals surface area contributed by atoms with E-state index >= 15 is 0 Å². The summed E-state index contributed by atoms with van der Waals surface area (Å²) < 4.78 is 5.37. The summed E-state index contributed by atoms with van der Waals surface area (Å²) in [5, 5.41) is 7.33. The van der Waals surface area contributed by atoms with E-state index < -0.39 is 0 Å². The summed E-state index contributed by atoms with van der Waals surface area (Å²) in [4.78, 5) is 24.4. The molecule has 2 N–H and O–H groups in total. The van der Waals surface area contributed by atoms with E-state index in [0.29, 0.717) is 22.6 Å². The molecule has 0 saturated heterocycles. The third-order valence-corrected chi connectivity index (χ3v) is 3.92. The molecule has 0 spiro atoms. The largest absolute Gasteiger partial charge is 0.496 e. The van der Waals surface area contributed by atoms with Crippen molar-refractivity contribution in [1.82, 2.24) is 5.32 Å². The van der Waals surface area contributed by atoms with Gasteiger partial charge in [0, 0.05) is 18.3 Å². The molecule has 0 aliphatic carbocycles. The highest BCUT2D eigenvalue weighted by Crippen LogP contribution is 2.26. The Balaban J connectivity index is 1.93. The quantitative estimate of drug-likeness (QED) is 0.768. The summed E-state index contributed by atoms with van der Waals surface area (Å²) in [6.45, 7) is 0. The highest BCUT2D eigenvalue weighted by atomic mass is 16.5. The van der Waals surface area contributed by atoms with E-state index in [2.05, 4.69) is 10.6 Å². The second-order valence-electron chi connectivity index (χ2n) is 5.51. The molecule has 5 heteroatoms. The van der Waals surface area contributed by atoms with Gasteiger partial charge in [-0.25, -0.2) is 0 Å². The molecule has 126 valence electrons. The third-order valence-electron chi connectivity index (χ3n) is 3.92. The minimum absolute atomic E-state index is 0.209. The van der Waals surface area contributed by atoms with Gasteiger partial charge in [0.2, 0.25) is 0 Å². The van der Waals surface area contributed by atoms with Crippen LogP contribution in [0.1, 0.15) is 20.7 Å². The van der Waals surface area contributed by atoms with E-state index in [9.17, 15) is 9.59 Å². The molecule has 0 aromatic heterocycles. The van der Waals surface area contributed by atoms with Gasteiger partial charge >= 0.3 is 0 Å². The molecule has 0 saturated carbocycles. The number of hydrogen-bond acceptors (Lipinski definition) is 3. The first-order valence-electron chi connectivity index (χ1n) is 7.82. The van der Waals surface area contributed by atoms with E-state index in [-0.39, 0.29) is 11.8 Å². The molecule has 25 heavy (non-hydrogen) atoms. The predicted molar refractivity (Wildman–Crippen MR) is 98.3 cm³/mol. The molecule has 0 heterocycles. The molecular weight excluding hydrogens is 316 g/mol. The van der Waals surface area contributed by atoms with Gasteiger partial charge in [-0.2, -0.15) is 0 Å². The number of amides is 2. The number of ether oxygens (including phenoxy) is 1. The smallest absolute Gasteiger partial charge is 0.259 e. The number of anilines is 1. The zero-order valence-corrected chi connectivity index (χ0v) is 14.0. The lowest BCUT2D eigenvalue weighted by Gasteiger charge is -2.11. The standard InChI is InChI=1S/C20H18N2O3/c1-21-19(23)15-8-5-9-16(10-15)22-20(24)17-11-13-6-3-4-7-14(13)12-18(17)25-2/h3-12H,1-2H3,(H,21,23)(H,22,24). The molecule has 0 aliphatic rings. The highest BCUT2D eigenvalue weighted by Gasteiger charge is 2.14. The first-order valence-corrected chi connectivity index (χ1v) is 7.82. The van der Waals surface area contributed by atoms with Crippen molar-refractivity contribution in [2.45, 2.75) is 0 Å². The van der Waals surface area contributed by atoms with Gasteiger partial charge in [-0.3, -0.25) is 9.59 Å². The maximum absolute atomic E-state index is 12.7. The number of methoxy groups -OCH3 is 1. The number of benzene rings is 3. The van der Waals surface area contributed by atoms with Gasteiger partial charge in [0.1, 0.15) is 5.75 Å². The molecule has 3 aromatic carbocycles. The van der Waals surface area contributed by atoms with E-state index in [1.807, 2.05) is 30.3 Å². The zero-order valence-electron chi connectivity index (χ0n) is 14.0. The van der Waals surface area contributed by atoms with E-state index in [1.165, 1.54) is 7.11 Å². The molecule has 0 radical (unpaired) electrons. The molecule has 3 rings (SSSR count). The van der Waals surface area contributed by atoms with Crippen molar-refractivity contribution in [3.63, 3.8) is 0 Å². The van der Waals surface area contributed by atoms with Crippen molar-refractivity contribution < 1.29 is 14.3 Å². The molecular formula is C20H18N2O3. The molecule has 2 amide bonds. The van der Waals surface area contributed by atoms with Crippen LogP contribution in [0.15, 0.2) is 60.7 Å². The van der Waals surface area contributed by atoms with Crippen LogP contribution in [-0.4, -0.2) is 26.0 Å². The summed E-state index contributed by atoms with van der Waals surface area (Å²) in [7, 11) is 3.10. The molecule has 3 aromatic rings. The lowest BCUT2D eigenvalue weighted by Crippen LogP contribution is -2.18. The molecule has 0 bridgehead atoms. The number of rotatable bonds is 4. The van der Waals surface area contributed by atoms with Gasteiger partial charge in [0.25, 0.3) is 11.8 Å². The maximum Gasteiger partial charge on any atom is 0.259 e. The van der Waals surface area contributed by atoms with Crippen molar-refractivity contribution in [1.29, 1.82) is 0 Å². The number of fused-ring (bicyclic) bond motifs is 1. The number of carbonyl (C=O) groups is 2. The number of nitrogens with one attached hydrogen (secondary N) is 2. The summed E-state index contributed by atoms with van der Waals surface area (Å²) in [6.07, 6.45) is 0. The van der Waals surface area contributed by atoms with E-state index in [1.54, 1.807) is 37.4 Å². The average Bonchev–Trinajstić information content (AvgIpc) is 2.66. The Hall–Kier alpha value is -3.34. The summed E-state index contributed by atoms with van der Waals surface area (Å²) in [5.41, 5.74) is 1.46. The fraction of sp³-hybridized carbons (Fsp3) is 0.100. The minimum atomic E-state index is -0.295. The Morgan fingerprint density at radius 2 is 1.60 bits per heavy atom. The molecule has 0 atom stereocenters. The number of hydrogen-bond donors (Lipinski definition) is 2. The van der Waals surface area contributed by atoms with Crippen LogP contribution >= 0.6 is 0 Å². The second-order valence-corrected chi connectivity index (χ2v) is 5.51. The minimum Gasteiger partial charge on any atom is -0.496 e. The van der Waals surface area contributed by atoms with Crippen LogP contribution in [0.3, 0.4) is 0 Å². The van der Waals surface area contributed by atoms with E-state index in [0.717, 1.165) is 10.8 Å². The van der Waals surface area contributed by atoms with Crippen LogP contribution in [0, 0.1) is 0 Å². The average molecular weight is 334 g/mol. The van der Waals surface area contributed by atoms with Crippen LogP contribution in [0.25, 0.3) is 10.8 Å². The van der Waals surface area contributed by atoms with Crippen molar-refractivity contribution in [2.75, 3.05) is 19.5 Å². The van der Waals surface area contributed by atoms with Gasteiger partial charge < -0.3 is 15.4 Å². The Kier molecular flexibility index (Phi) is 4.66. The monoisotopic (exact) mass is 334 g/mol. The zero-order chi connectivity index (χ0) is 17.8. The van der Waals surface area contributed by atoms with Crippen molar-refractivity contribution >= 4 is 28.3 Å². The van der Waals surface area contributed by atoms with Crippen molar-refractivity contribution in [3.05, 3.63) is 71.8 Å². The fourth-order valence-electron chi connectivity index (χ4n) is 2.65. The second kappa shape index (κ2) is 7.05. The van der Waals surface area contributed by atoms with Crippen molar-refractivity contribution in [2.24, 2.45) is 0 Å². The van der Waals surface area contributed by atoms with Gasteiger partial charge in [-0.1, -0.05) is 30.3 Å². The Bertz CT molecular complexity index is 951. The van der Waals surface area contributed by atoms with Gasteiger partial charge in [0.05, 0.1) is 12.7 Å². The SMILES string of the molecule is CNC(=O)c1cccc(NC(=O)c2cc3ccccc3cc2OC)c1. The van der Waals surface area contributed by atoms with Gasteiger partial charge in [0.15, 0.2) is 0 Å². The highest BCUT2D eigenvalue weighted by molar-refractivity contribution is 6.09. The van der Waals surface area contributed by atoms with Gasteiger partial charge in [-0.05, 0) is 41.1 Å². The van der Waals surface area contributed by atoms with Crippen LogP contribution in [0.5, 0.6) is 5.75 Å². The Morgan fingerprint density at radius 3 is 2.28 bits per heavy atom. The molecule has 5 nitrogen and oxygen atoms in total. The van der Waals surface area contributed by atoms with Crippen LogP contribution in [0.2, 0.25) is 0 Å². The molecule has 0 unspecified atom stereocenters. The first kappa shape index (κ1) is 16.5. The first-order chi connectivity index (χ1) is 12.1. The lowest BCUT2D eigenvalue weighted by atomic mass is 10.1. The maximum atomic E-state index is 12.7. The summed E-state index contributed by atoms with van der Waals surface area (Å²) in [5.74, 6) is -0.00491. The third kappa shape index (κ3) is 3.45. The molecule has 0 fully saturated rings. The number of carbonyl (C=O) groups excluding carboxylic acids is 2. The predicted octanol–water partition coefficient (Wildman–Crippen LogP) is 3.46. The van der Waals surface area contributed by atoms with Crippen LogP contribution in [0.4, 0.5) is 5.69 Å². The lowest BCUT2D eigenvalue weighted by molar-refractivity contribution is 0.0961. The van der Waals surface area contributed by atoms with Gasteiger partial charge in [-0.15, -0.1) is 0 Å². The van der Waals surface area contributed by atoms with E-state index in [4.69, 9.17) is 4.74 Å². The van der Waals surface area contributed by atoms with Crippen LogP contribution < -0.4 is 15.4 Å². The Labute approximate surface area is 145 Å². The summed E-state index contributed by atoms with van der Waals surface area (Å²) >= 11 is 0. The Morgan fingerprint density at radius 1 is 0.880 bits per heavy atom.